The first-order valence-electron chi connectivity index (χ1n) is 20.1. The van der Waals surface area contributed by atoms with Crippen LogP contribution in [-0.2, 0) is 29.4 Å². The summed E-state index contributed by atoms with van der Waals surface area (Å²) in [5.41, 5.74) is 1.75. The number of carbonyl (C=O) groups excluding carboxylic acids is 2. The second-order valence-corrected chi connectivity index (χ2v) is 15.1. The zero-order chi connectivity index (χ0) is 46.6. The molecule has 340 valence electrons. The van der Waals surface area contributed by atoms with Crippen molar-refractivity contribution in [2.75, 3.05) is 34.9 Å². The number of methoxy groups -OCH3 is 2. The van der Waals surface area contributed by atoms with E-state index in [1.54, 1.807) is 45.4 Å². The van der Waals surface area contributed by atoms with Crippen LogP contribution in [0.25, 0.3) is 11.0 Å². The average Bonchev–Trinajstić information content (AvgIpc) is 3.88. The van der Waals surface area contributed by atoms with Crippen molar-refractivity contribution in [3.05, 3.63) is 137 Å². The summed E-state index contributed by atoms with van der Waals surface area (Å²) in [4.78, 5) is 41.5. The number of ether oxygens (including phenoxy) is 6. The first-order chi connectivity index (χ1) is 31.2. The summed E-state index contributed by atoms with van der Waals surface area (Å²) in [6.07, 6.45) is -3.22. The molecule has 4 aromatic carbocycles. The van der Waals surface area contributed by atoms with Crippen LogP contribution in [0, 0.1) is 36.0 Å². The number of hydrogen-bond donors (Lipinski definition) is 0. The summed E-state index contributed by atoms with van der Waals surface area (Å²) in [5, 5.41) is 5.31. The number of aromatic nitrogens is 4. The van der Waals surface area contributed by atoms with Crippen LogP contribution in [0.2, 0.25) is 0 Å². The van der Waals surface area contributed by atoms with Crippen LogP contribution in [0.1, 0.15) is 54.8 Å². The highest BCUT2D eigenvalue weighted by atomic mass is 19.2. The van der Waals surface area contributed by atoms with E-state index in [1.165, 1.54) is 11.0 Å². The minimum Gasteiger partial charge on any atom is -0.497 e. The molecule has 1 aliphatic rings. The van der Waals surface area contributed by atoms with Gasteiger partial charge in [-0.05, 0) is 54.8 Å². The molecular weight excluding hydrogens is 860 g/mol. The lowest BCUT2D eigenvalue weighted by atomic mass is 9.80. The van der Waals surface area contributed by atoms with E-state index in [2.05, 4.69) is 19.7 Å². The van der Waals surface area contributed by atoms with Gasteiger partial charge < -0.3 is 33.3 Å². The van der Waals surface area contributed by atoms with Crippen molar-refractivity contribution in [1.82, 2.24) is 24.6 Å². The molecule has 3 unspecified atom stereocenters. The molecular formula is C46H43F5N6O8. The van der Waals surface area contributed by atoms with Gasteiger partial charge in [0, 0.05) is 20.5 Å². The maximum atomic E-state index is 14.3. The molecule has 0 radical (unpaired) electrons. The molecule has 19 heteroatoms. The fraction of sp³-hybridized carbons (Fsp3) is 0.304. The van der Waals surface area contributed by atoms with Crippen molar-refractivity contribution in [2.45, 2.75) is 57.1 Å². The third-order valence-corrected chi connectivity index (χ3v) is 10.9. The quantitative estimate of drug-likeness (QED) is 0.0144. The van der Waals surface area contributed by atoms with Gasteiger partial charge in [0.1, 0.15) is 41.5 Å². The van der Waals surface area contributed by atoms with E-state index in [1.807, 2.05) is 80.5 Å². The number of nitrogens with zero attached hydrogens (tertiary/aromatic N) is 6. The highest BCUT2D eigenvalue weighted by Crippen LogP contribution is 2.44. The van der Waals surface area contributed by atoms with Gasteiger partial charge >= 0.3 is 11.9 Å². The third kappa shape index (κ3) is 9.33. The van der Waals surface area contributed by atoms with Crippen LogP contribution in [0.15, 0.2) is 90.2 Å². The molecule has 1 saturated heterocycles. The van der Waals surface area contributed by atoms with Crippen LogP contribution >= 0.6 is 0 Å². The van der Waals surface area contributed by atoms with Gasteiger partial charge in [0.25, 0.3) is 0 Å². The third-order valence-electron chi connectivity index (χ3n) is 10.9. The normalized spacial score (nSPS) is 16.4. The van der Waals surface area contributed by atoms with Crippen LogP contribution in [0.5, 0.6) is 17.2 Å². The zero-order valence-corrected chi connectivity index (χ0v) is 36.0. The molecule has 3 atom stereocenters. The van der Waals surface area contributed by atoms with Crippen LogP contribution in [0.4, 0.5) is 27.8 Å². The maximum absolute atomic E-state index is 14.3. The van der Waals surface area contributed by atoms with Gasteiger partial charge in [-0.2, -0.15) is 13.9 Å². The molecule has 7 rings (SSSR count). The van der Waals surface area contributed by atoms with Gasteiger partial charge in [0.15, 0.2) is 17.7 Å². The number of aliphatic imine (C=N–C) groups is 1. The lowest BCUT2D eigenvalue weighted by molar-refractivity contribution is -0.157. The van der Waals surface area contributed by atoms with Gasteiger partial charge in [-0.25, -0.2) is 32.8 Å². The van der Waals surface area contributed by atoms with Crippen LogP contribution in [0.3, 0.4) is 0 Å². The largest absolute Gasteiger partial charge is 0.497 e. The van der Waals surface area contributed by atoms with E-state index >= 15 is 0 Å². The number of fused-ring (bicyclic) bond motifs is 1. The Morgan fingerprint density at radius 3 is 1.92 bits per heavy atom. The van der Waals surface area contributed by atoms with E-state index in [4.69, 9.17) is 28.8 Å². The Bertz CT molecular complexity index is 2640. The van der Waals surface area contributed by atoms with E-state index in [0.717, 1.165) is 5.56 Å². The molecule has 1 fully saturated rings. The molecule has 65 heavy (non-hydrogen) atoms. The molecule has 0 bridgehead atoms. The second-order valence-electron chi connectivity index (χ2n) is 15.1. The Morgan fingerprint density at radius 2 is 1.35 bits per heavy atom. The van der Waals surface area contributed by atoms with Gasteiger partial charge in [0.05, 0.1) is 44.7 Å². The second kappa shape index (κ2) is 19.4. The van der Waals surface area contributed by atoms with Crippen LogP contribution < -0.4 is 14.2 Å². The van der Waals surface area contributed by atoms with E-state index in [9.17, 15) is 31.5 Å². The van der Waals surface area contributed by atoms with Gasteiger partial charge in [-0.15, -0.1) is 0 Å². The molecule has 0 aliphatic carbocycles. The lowest BCUT2D eigenvalue weighted by Crippen LogP contribution is -2.39. The predicted octanol–water partition coefficient (Wildman–Crippen LogP) is 8.05. The number of esters is 2. The fourth-order valence-electron chi connectivity index (χ4n) is 7.34. The standard InChI is InChI=1S/C46H43F5N6O8/c1-25-37-44(54-26(2)56(3)4)52-24-53-45(37)57(55-25)34-22-32(64-35(58)20-21-36(59)65-43-41(50)39(48)38(47)40(49)42(43)51)33(63-34)23-62-46(27-10-8-7-9-11-27,28-12-16-30(60-5)17-13-28)29-14-18-31(61-6)19-15-29/h7-19,24,32-34H,20-23H2,1-6H3/b54-26+. The number of hydrogen-bond acceptors (Lipinski definition) is 12. The maximum Gasteiger partial charge on any atom is 0.311 e. The fourth-order valence-corrected chi connectivity index (χ4v) is 7.34. The number of carbonyl (C=O) groups is 2. The van der Waals surface area contributed by atoms with E-state index in [-0.39, 0.29) is 13.0 Å². The molecule has 6 aromatic rings. The molecule has 3 heterocycles. The minimum absolute atomic E-state index is 0.00622. The Labute approximate surface area is 369 Å². The van der Waals surface area contributed by atoms with Crippen LogP contribution in [-0.4, -0.2) is 89.6 Å². The Morgan fingerprint density at radius 1 is 0.800 bits per heavy atom. The molecule has 14 nitrogen and oxygen atoms in total. The Balaban J connectivity index is 1.23. The van der Waals surface area contributed by atoms with Crippen molar-refractivity contribution < 1.29 is 60.0 Å². The molecule has 0 saturated carbocycles. The highest BCUT2D eigenvalue weighted by molar-refractivity contribution is 5.92. The number of rotatable bonds is 15. The van der Waals surface area contributed by atoms with E-state index < -0.39 is 83.7 Å². The lowest BCUT2D eigenvalue weighted by Gasteiger charge is -2.37. The number of benzene rings is 4. The van der Waals surface area contributed by atoms with Gasteiger partial charge in [-0.3, -0.25) is 9.59 Å². The van der Waals surface area contributed by atoms with Crippen molar-refractivity contribution in [3.8, 4) is 17.2 Å². The molecule has 1 aliphatic heterocycles. The van der Waals surface area contributed by atoms with Gasteiger partial charge in [-0.1, -0.05) is 54.6 Å². The molecule has 0 N–H and O–H groups in total. The SMILES string of the molecule is COc1ccc(C(OCC2OC(n3nc(C)c4c(/N=C(\C)N(C)C)ncnc43)CC2OC(=O)CCC(=O)Oc2c(F)c(F)c(F)c(F)c2F)(c2ccccc2)c2ccc(OC)cc2)cc1. The van der Waals surface area contributed by atoms with Gasteiger partial charge in [0.2, 0.25) is 34.8 Å². The first kappa shape index (κ1) is 46.0. The molecule has 0 amide bonds. The van der Waals surface area contributed by atoms with E-state index in [0.29, 0.717) is 51.0 Å². The summed E-state index contributed by atoms with van der Waals surface area (Å²) in [6.45, 7) is 3.38. The first-order valence-corrected chi connectivity index (χ1v) is 20.1. The summed E-state index contributed by atoms with van der Waals surface area (Å²) < 4.78 is 106. The molecule has 0 spiro atoms. The topological polar surface area (TPSA) is 149 Å². The number of halogens is 5. The molecule has 2 aromatic heterocycles. The smallest absolute Gasteiger partial charge is 0.311 e. The summed E-state index contributed by atoms with van der Waals surface area (Å²) in [5.74, 6) is -13.7. The number of amidine groups is 1. The zero-order valence-electron chi connectivity index (χ0n) is 36.0. The number of aryl methyl sites for hydroxylation is 1. The Kier molecular flexibility index (Phi) is 13.7. The summed E-state index contributed by atoms with van der Waals surface area (Å²) >= 11 is 0. The monoisotopic (exact) mass is 902 g/mol. The predicted molar refractivity (Wildman–Crippen MR) is 224 cm³/mol. The van der Waals surface area contributed by atoms with Crippen molar-refractivity contribution >= 4 is 34.6 Å². The van der Waals surface area contributed by atoms with Crippen molar-refractivity contribution in [2.24, 2.45) is 4.99 Å². The summed E-state index contributed by atoms with van der Waals surface area (Å²) in [6, 6.07) is 24.1. The minimum atomic E-state index is -2.42. The van der Waals surface area contributed by atoms with Crippen molar-refractivity contribution in [1.29, 1.82) is 0 Å². The highest BCUT2D eigenvalue weighted by Gasteiger charge is 2.45. The summed E-state index contributed by atoms with van der Waals surface area (Å²) in [7, 11) is 6.80. The Hall–Kier alpha value is -6.99. The average molecular weight is 903 g/mol. The van der Waals surface area contributed by atoms with Crippen molar-refractivity contribution in [3.63, 3.8) is 0 Å².